The quantitative estimate of drug-likeness (QED) is 0.0943. The molecule has 0 bridgehead atoms. The molecular weight excluding hydrogens is 511 g/mol. The molecule has 5 aromatic rings. The van der Waals surface area contributed by atoms with Crippen LogP contribution in [0.5, 0.6) is 0 Å². The second kappa shape index (κ2) is 11.3. The number of nitrogen functional groups attached to an aromatic ring is 1. The van der Waals surface area contributed by atoms with E-state index in [1.165, 1.54) is 12.3 Å². The molecule has 3 N–H and O–H groups in total. The Morgan fingerprint density at radius 2 is 1.42 bits per heavy atom. The maximum atomic E-state index is 12.6. The molecule has 10 heteroatoms. The van der Waals surface area contributed by atoms with Gasteiger partial charge in [0.05, 0.1) is 17.6 Å². The molecule has 0 aliphatic carbocycles. The normalized spacial score (nSPS) is 11.4. The van der Waals surface area contributed by atoms with Gasteiger partial charge in [-0.3, -0.25) is 14.3 Å². The van der Waals surface area contributed by atoms with Crippen molar-refractivity contribution < 1.29 is 17.8 Å². The average molecular weight is 533 g/mol. The minimum absolute atomic E-state index is 0. The number of nitrogens with two attached hydrogens (primary N) is 1. The van der Waals surface area contributed by atoms with E-state index in [0.29, 0.717) is 33.3 Å². The molecule has 0 radical (unpaired) electrons. The summed E-state index contributed by atoms with van der Waals surface area (Å²) in [5.74, 6) is -0.0546. The monoisotopic (exact) mass is 532 g/mol. The van der Waals surface area contributed by atoms with Crippen molar-refractivity contribution in [3.8, 4) is 11.3 Å². The Kier molecular flexibility index (Phi) is 8.15. The Balaban J connectivity index is 0.00000336. The van der Waals surface area contributed by atoms with Crippen LogP contribution < -0.4 is 5.73 Å². The third-order valence-electron chi connectivity index (χ3n) is 5.80. The molecule has 1 aromatic heterocycles. The molecule has 0 saturated carbocycles. The van der Waals surface area contributed by atoms with Gasteiger partial charge in [0, 0.05) is 27.5 Å². The number of benzene rings is 4. The molecule has 0 saturated heterocycles. The van der Waals surface area contributed by atoms with Crippen molar-refractivity contribution in [3.63, 3.8) is 0 Å². The van der Waals surface area contributed by atoms with Gasteiger partial charge in [-0.25, -0.2) is 0 Å². The molecule has 5 rings (SSSR count). The third-order valence-corrected chi connectivity index (χ3v) is 6.70. The van der Waals surface area contributed by atoms with E-state index in [9.17, 15) is 17.8 Å². The number of hydrogen-bond donors (Lipinski definition) is 2. The van der Waals surface area contributed by atoms with E-state index in [-0.39, 0.29) is 51.6 Å². The van der Waals surface area contributed by atoms with Crippen molar-refractivity contribution >= 4 is 73.3 Å². The second-order valence-electron chi connectivity index (χ2n) is 8.20. The van der Waals surface area contributed by atoms with Gasteiger partial charge in [-0.1, -0.05) is 78.9 Å². The molecule has 4 aromatic carbocycles. The Morgan fingerprint density at radius 1 is 0.789 bits per heavy atom. The zero-order valence-corrected chi connectivity index (χ0v) is 20.1. The predicted octanol–water partition coefficient (Wildman–Crippen LogP) is 5.73. The first-order valence-corrected chi connectivity index (χ1v) is 12.6. The number of nitrogens with zero attached hydrogens (tertiary/aromatic N) is 3. The average Bonchev–Trinajstić information content (AvgIpc) is 2.92. The fourth-order valence-electron chi connectivity index (χ4n) is 3.92. The van der Waals surface area contributed by atoms with Gasteiger partial charge < -0.3 is 5.73 Å². The number of ketones is 1. The minimum atomic E-state index is -4.50. The first kappa shape index (κ1) is 27.3. The number of fused-ring (bicyclic) bond motifs is 1. The van der Waals surface area contributed by atoms with Crippen molar-refractivity contribution in [1.29, 1.82) is 0 Å². The van der Waals surface area contributed by atoms with Gasteiger partial charge in [-0.05, 0) is 18.2 Å². The summed E-state index contributed by atoms with van der Waals surface area (Å²) < 4.78 is 33.5. The van der Waals surface area contributed by atoms with Crippen molar-refractivity contribution in [2.45, 2.75) is 4.90 Å². The van der Waals surface area contributed by atoms with Crippen molar-refractivity contribution in [2.75, 3.05) is 5.73 Å². The molecule has 0 amide bonds. The number of aromatic nitrogens is 1. The predicted molar refractivity (Wildman–Crippen MR) is 149 cm³/mol. The third kappa shape index (κ3) is 5.72. The van der Waals surface area contributed by atoms with Crippen LogP contribution in [0, 0.1) is 0 Å². The van der Waals surface area contributed by atoms with Crippen LogP contribution in [0.25, 0.3) is 22.0 Å². The molecular formula is C28H21N4NaO4S. The number of hydrogen-bond acceptors (Lipinski definition) is 7. The Morgan fingerprint density at radius 3 is 2.05 bits per heavy atom. The maximum absolute atomic E-state index is 12.6. The van der Waals surface area contributed by atoms with Crippen molar-refractivity contribution in [2.24, 2.45) is 10.2 Å². The summed E-state index contributed by atoms with van der Waals surface area (Å²) in [5.41, 5.74) is 9.66. The van der Waals surface area contributed by atoms with Gasteiger partial charge >= 0.3 is 29.6 Å². The van der Waals surface area contributed by atoms with Gasteiger partial charge in [-0.2, -0.15) is 8.42 Å². The number of carbonyl (C=O) groups excluding carboxylic acids is 1. The van der Waals surface area contributed by atoms with Gasteiger partial charge in [0.25, 0.3) is 10.1 Å². The molecule has 0 atom stereocenters. The number of anilines is 1. The van der Waals surface area contributed by atoms with Crippen molar-refractivity contribution in [1.82, 2.24) is 4.98 Å². The first-order chi connectivity index (χ1) is 17.8. The van der Waals surface area contributed by atoms with E-state index in [2.05, 4.69) is 15.2 Å². The fraction of sp³-hybridized carbons (Fsp3) is 0. The van der Waals surface area contributed by atoms with Crippen LogP contribution in [0.3, 0.4) is 0 Å². The Hall–Kier alpha value is -3.73. The summed E-state index contributed by atoms with van der Waals surface area (Å²) in [4.78, 5) is 16.7. The number of carbonyl (C=O) groups is 1. The topological polar surface area (TPSA) is 135 Å². The number of rotatable bonds is 6. The molecule has 1 heterocycles. The van der Waals surface area contributed by atoms with Gasteiger partial charge in [0.2, 0.25) is 0 Å². The van der Waals surface area contributed by atoms with Crippen LogP contribution in [0.15, 0.2) is 118 Å². The number of azo groups is 1. The summed E-state index contributed by atoms with van der Waals surface area (Å²) in [6.07, 6.45) is 1.52. The fourth-order valence-corrected chi connectivity index (χ4v) is 4.64. The molecule has 0 aliphatic rings. The standard InChI is InChI=1S/C28H20N4O4S.Na.H/c29-27-23-9-5-4-8-22(23)26(37(34,35)36)16-25(27)32-31-21-14-15-24(30-17-21)18-10-12-20(13-11-18)28(33)19-6-2-1-3-7-19;;/h1-17H,29H2,(H,34,35,36);;/b32-31+;;. The van der Waals surface area contributed by atoms with Crippen LogP contribution in [0.2, 0.25) is 0 Å². The molecule has 0 aliphatic heterocycles. The summed E-state index contributed by atoms with van der Waals surface area (Å²) in [6.45, 7) is 0. The van der Waals surface area contributed by atoms with Gasteiger partial charge in [0.1, 0.15) is 16.3 Å². The molecule has 184 valence electrons. The van der Waals surface area contributed by atoms with Gasteiger partial charge in [0.15, 0.2) is 5.78 Å². The zero-order valence-electron chi connectivity index (χ0n) is 19.3. The SMILES string of the molecule is Nc1c(/N=N/c2ccc(-c3ccc(C(=O)c4ccccc4)cc3)nc2)cc(S(=O)(=O)O)c2ccccc12.[NaH]. The van der Waals surface area contributed by atoms with Crippen LogP contribution in [0.1, 0.15) is 15.9 Å². The summed E-state index contributed by atoms with van der Waals surface area (Å²) in [7, 11) is -4.50. The molecule has 0 spiro atoms. The number of pyridine rings is 1. The molecule has 8 nitrogen and oxygen atoms in total. The molecule has 0 unspecified atom stereocenters. The summed E-state index contributed by atoms with van der Waals surface area (Å²) in [6, 6.07) is 27.5. The van der Waals surface area contributed by atoms with E-state index in [1.54, 1.807) is 60.7 Å². The van der Waals surface area contributed by atoms with Crippen molar-refractivity contribution in [3.05, 3.63) is 114 Å². The van der Waals surface area contributed by atoms with E-state index >= 15 is 0 Å². The van der Waals surface area contributed by atoms with E-state index < -0.39 is 10.1 Å². The Labute approximate surface area is 241 Å². The van der Waals surface area contributed by atoms with E-state index in [1.807, 2.05) is 30.3 Å². The Bertz CT molecular complexity index is 1760. The van der Waals surface area contributed by atoms with E-state index in [4.69, 9.17) is 5.73 Å². The van der Waals surface area contributed by atoms with Crippen LogP contribution in [0.4, 0.5) is 17.1 Å². The molecule has 0 fully saturated rings. The summed E-state index contributed by atoms with van der Waals surface area (Å²) >= 11 is 0. The van der Waals surface area contributed by atoms with Crippen LogP contribution in [-0.4, -0.2) is 53.3 Å². The van der Waals surface area contributed by atoms with Crippen LogP contribution in [-0.2, 0) is 10.1 Å². The zero-order chi connectivity index (χ0) is 26.0. The molecule has 38 heavy (non-hydrogen) atoms. The van der Waals surface area contributed by atoms with Crippen LogP contribution >= 0.6 is 0 Å². The first-order valence-electron chi connectivity index (χ1n) is 11.2. The van der Waals surface area contributed by atoms with Gasteiger partial charge in [-0.15, -0.1) is 10.2 Å². The second-order valence-corrected chi connectivity index (χ2v) is 9.59. The summed E-state index contributed by atoms with van der Waals surface area (Å²) in [5, 5.41) is 8.98. The van der Waals surface area contributed by atoms with E-state index in [0.717, 1.165) is 5.56 Å².